The Morgan fingerprint density at radius 3 is 1.62 bits per heavy atom. The SMILES string of the molecule is [CH2]CCC=C1CCCCCCCCCCC1. The molecule has 0 aromatic carbocycles. The summed E-state index contributed by atoms with van der Waals surface area (Å²) < 4.78 is 0. The Morgan fingerprint density at radius 1 is 0.750 bits per heavy atom. The van der Waals surface area contributed by atoms with Crippen LogP contribution in [0.3, 0.4) is 0 Å². The topological polar surface area (TPSA) is 0 Å². The number of rotatable bonds is 2. The van der Waals surface area contributed by atoms with Crippen molar-refractivity contribution < 1.29 is 0 Å². The lowest BCUT2D eigenvalue weighted by molar-refractivity contribution is 0.539. The lowest BCUT2D eigenvalue weighted by Crippen LogP contribution is -1.90. The van der Waals surface area contributed by atoms with Crippen LogP contribution in [0.25, 0.3) is 0 Å². The van der Waals surface area contributed by atoms with Gasteiger partial charge in [-0.05, 0) is 38.5 Å². The van der Waals surface area contributed by atoms with Crippen LogP contribution in [0, 0.1) is 6.92 Å². The zero-order valence-corrected chi connectivity index (χ0v) is 11.0. The average Bonchev–Trinajstić information content (AvgIpc) is 2.28. The molecule has 1 rings (SSSR count). The highest BCUT2D eigenvalue weighted by molar-refractivity contribution is 5.02. The second-order valence-corrected chi connectivity index (χ2v) is 5.19. The van der Waals surface area contributed by atoms with Crippen LogP contribution >= 0.6 is 0 Å². The molecule has 1 fully saturated rings. The van der Waals surface area contributed by atoms with Crippen LogP contribution < -0.4 is 0 Å². The van der Waals surface area contributed by atoms with Gasteiger partial charge in [0, 0.05) is 0 Å². The van der Waals surface area contributed by atoms with E-state index in [1.54, 1.807) is 5.57 Å². The number of hydrogen-bond donors (Lipinski definition) is 0. The molecule has 0 spiro atoms. The monoisotopic (exact) mass is 221 g/mol. The molecule has 0 aliphatic heterocycles. The minimum atomic E-state index is 1.06. The number of hydrogen-bond acceptors (Lipinski definition) is 0. The van der Waals surface area contributed by atoms with E-state index < -0.39 is 0 Å². The molecular weight excluding hydrogens is 192 g/mol. The Labute approximate surface area is 103 Å². The molecule has 0 unspecified atom stereocenters. The molecule has 0 atom stereocenters. The Bertz CT molecular complexity index is 164. The van der Waals surface area contributed by atoms with E-state index >= 15 is 0 Å². The van der Waals surface area contributed by atoms with Gasteiger partial charge in [0.2, 0.25) is 0 Å². The van der Waals surface area contributed by atoms with Crippen molar-refractivity contribution in [2.24, 2.45) is 0 Å². The molecule has 0 aromatic rings. The highest BCUT2D eigenvalue weighted by Crippen LogP contribution is 2.20. The van der Waals surface area contributed by atoms with Crippen LogP contribution in [-0.4, -0.2) is 0 Å². The van der Waals surface area contributed by atoms with Crippen molar-refractivity contribution >= 4 is 0 Å². The first-order valence-electron chi connectivity index (χ1n) is 7.40. The fourth-order valence-corrected chi connectivity index (χ4v) is 2.58. The van der Waals surface area contributed by atoms with Crippen LogP contribution in [0.1, 0.15) is 83.5 Å². The van der Waals surface area contributed by atoms with Crippen LogP contribution in [0.2, 0.25) is 0 Å². The van der Waals surface area contributed by atoms with Crippen molar-refractivity contribution in [1.82, 2.24) is 0 Å². The standard InChI is InChI=1S/C16H29/c1-2-3-13-16-14-11-9-7-5-4-6-8-10-12-15-16/h13H,1-12,14-15H2. The molecule has 0 nitrogen and oxygen atoms in total. The second-order valence-electron chi connectivity index (χ2n) is 5.19. The molecule has 1 radical (unpaired) electrons. The Morgan fingerprint density at radius 2 is 1.19 bits per heavy atom. The molecule has 0 aromatic heterocycles. The highest BCUT2D eigenvalue weighted by Gasteiger charge is 2.01. The van der Waals surface area contributed by atoms with Crippen LogP contribution in [0.4, 0.5) is 0 Å². The summed E-state index contributed by atoms with van der Waals surface area (Å²) in [5.74, 6) is 0. The zero-order valence-electron chi connectivity index (χ0n) is 11.0. The van der Waals surface area contributed by atoms with E-state index in [9.17, 15) is 0 Å². The molecule has 0 heterocycles. The third-order valence-corrected chi connectivity index (χ3v) is 3.63. The fourth-order valence-electron chi connectivity index (χ4n) is 2.58. The lowest BCUT2D eigenvalue weighted by Gasteiger charge is -2.10. The van der Waals surface area contributed by atoms with E-state index in [4.69, 9.17) is 0 Å². The summed E-state index contributed by atoms with van der Waals surface area (Å²) >= 11 is 0. The summed E-state index contributed by atoms with van der Waals surface area (Å²) in [4.78, 5) is 0. The van der Waals surface area contributed by atoms with Crippen molar-refractivity contribution in [3.8, 4) is 0 Å². The van der Waals surface area contributed by atoms with E-state index in [0.717, 1.165) is 6.42 Å². The van der Waals surface area contributed by atoms with Crippen LogP contribution in [-0.2, 0) is 0 Å². The molecule has 0 bridgehead atoms. The van der Waals surface area contributed by atoms with Crippen molar-refractivity contribution in [2.45, 2.75) is 83.5 Å². The highest BCUT2D eigenvalue weighted by atomic mass is 14.1. The van der Waals surface area contributed by atoms with E-state index in [2.05, 4.69) is 13.0 Å². The van der Waals surface area contributed by atoms with Gasteiger partial charge in [0.1, 0.15) is 0 Å². The zero-order chi connectivity index (χ0) is 11.5. The maximum atomic E-state index is 3.93. The average molecular weight is 221 g/mol. The van der Waals surface area contributed by atoms with Crippen molar-refractivity contribution in [2.75, 3.05) is 0 Å². The molecular formula is C16H29. The van der Waals surface area contributed by atoms with E-state index in [0.29, 0.717) is 0 Å². The first-order valence-corrected chi connectivity index (χ1v) is 7.40. The van der Waals surface area contributed by atoms with Crippen molar-refractivity contribution in [1.29, 1.82) is 0 Å². The number of unbranched alkanes of at least 4 members (excludes halogenated alkanes) is 1. The molecule has 1 saturated carbocycles. The largest absolute Gasteiger partial charge is 0.0853 e. The van der Waals surface area contributed by atoms with E-state index in [1.807, 2.05) is 0 Å². The molecule has 0 heteroatoms. The summed E-state index contributed by atoms with van der Waals surface area (Å²) in [5, 5.41) is 0. The Hall–Kier alpha value is -0.260. The summed E-state index contributed by atoms with van der Waals surface area (Å²) in [6, 6.07) is 0. The maximum absolute atomic E-state index is 3.93. The van der Waals surface area contributed by atoms with Crippen molar-refractivity contribution in [3.05, 3.63) is 18.6 Å². The van der Waals surface area contributed by atoms with Gasteiger partial charge in [-0.15, -0.1) is 0 Å². The van der Waals surface area contributed by atoms with Gasteiger partial charge in [0.05, 0.1) is 0 Å². The van der Waals surface area contributed by atoms with E-state index in [1.165, 1.54) is 77.0 Å². The summed E-state index contributed by atoms with van der Waals surface area (Å²) in [6.07, 6.45) is 20.5. The third-order valence-electron chi connectivity index (χ3n) is 3.63. The van der Waals surface area contributed by atoms with Gasteiger partial charge in [-0.1, -0.05) is 63.5 Å². The minimum Gasteiger partial charge on any atom is -0.0853 e. The smallest absolute Gasteiger partial charge is 0.0320 e. The van der Waals surface area contributed by atoms with Gasteiger partial charge < -0.3 is 0 Å². The first-order chi connectivity index (χ1) is 7.93. The summed E-state index contributed by atoms with van der Waals surface area (Å²) in [6.45, 7) is 3.93. The summed E-state index contributed by atoms with van der Waals surface area (Å²) in [5.41, 5.74) is 1.73. The first kappa shape index (κ1) is 13.8. The lowest BCUT2D eigenvalue weighted by atomic mass is 9.97. The van der Waals surface area contributed by atoms with Gasteiger partial charge in [-0.2, -0.15) is 0 Å². The van der Waals surface area contributed by atoms with E-state index in [-0.39, 0.29) is 0 Å². The number of allylic oxidation sites excluding steroid dienone is 2. The third kappa shape index (κ3) is 7.09. The van der Waals surface area contributed by atoms with Gasteiger partial charge in [-0.25, -0.2) is 0 Å². The van der Waals surface area contributed by atoms with Crippen LogP contribution in [0.15, 0.2) is 11.6 Å². The predicted octanol–water partition coefficient (Wildman–Crippen LogP) is 5.83. The molecule has 0 N–H and O–H groups in total. The molecule has 1 aliphatic rings. The Balaban J connectivity index is 2.30. The molecule has 0 saturated heterocycles. The quantitative estimate of drug-likeness (QED) is 0.514. The van der Waals surface area contributed by atoms with Gasteiger partial charge in [0.15, 0.2) is 0 Å². The van der Waals surface area contributed by atoms with Gasteiger partial charge >= 0.3 is 0 Å². The Kier molecular flexibility index (Phi) is 8.57. The predicted molar refractivity (Wildman–Crippen MR) is 73.5 cm³/mol. The maximum Gasteiger partial charge on any atom is -0.0320 e. The second kappa shape index (κ2) is 9.93. The van der Waals surface area contributed by atoms with Gasteiger partial charge in [-0.3, -0.25) is 0 Å². The molecule has 1 aliphatic carbocycles. The minimum absolute atomic E-state index is 1.06. The molecule has 93 valence electrons. The molecule has 0 amide bonds. The normalized spacial score (nSPS) is 20.9. The van der Waals surface area contributed by atoms with Gasteiger partial charge in [0.25, 0.3) is 0 Å². The molecule has 16 heavy (non-hydrogen) atoms. The summed E-state index contributed by atoms with van der Waals surface area (Å²) in [7, 11) is 0. The fraction of sp³-hybridized carbons (Fsp3) is 0.812. The van der Waals surface area contributed by atoms with Crippen LogP contribution in [0.5, 0.6) is 0 Å². The van der Waals surface area contributed by atoms with Crippen molar-refractivity contribution in [3.63, 3.8) is 0 Å².